The normalized spacial score (nSPS) is 21.2. The van der Waals surface area contributed by atoms with Gasteiger partial charge in [0.1, 0.15) is 0 Å². The standard InChI is InChI=1S/C25H27N3O3S/c1-18-6-8-19(9-7-18)24-16-22(21-4-2-3-5-23(21)26-24)25(29)28-13-11-27(12-14-28)20-10-15-32(30,31)17-20/h2-9,16,20H,10-15,17H2,1H3/t20-/m0/s1. The smallest absolute Gasteiger partial charge is 0.254 e. The minimum atomic E-state index is -2.91. The largest absolute Gasteiger partial charge is 0.336 e. The summed E-state index contributed by atoms with van der Waals surface area (Å²) < 4.78 is 23.7. The van der Waals surface area contributed by atoms with Crippen LogP contribution in [0.5, 0.6) is 0 Å². The molecule has 0 unspecified atom stereocenters. The molecule has 2 aromatic carbocycles. The van der Waals surface area contributed by atoms with Crippen LogP contribution in [0, 0.1) is 6.92 Å². The van der Waals surface area contributed by atoms with Gasteiger partial charge in [-0.15, -0.1) is 0 Å². The minimum absolute atomic E-state index is 0.00987. The molecule has 2 fully saturated rings. The summed E-state index contributed by atoms with van der Waals surface area (Å²) in [6.45, 7) is 4.67. The average molecular weight is 450 g/mol. The van der Waals surface area contributed by atoms with Crippen molar-refractivity contribution in [1.29, 1.82) is 0 Å². The Balaban J connectivity index is 1.40. The fraction of sp³-hybridized carbons (Fsp3) is 0.360. The molecule has 32 heavy (non-hydrogen) atoms. The van der Waals surface area contributed by atoms with Crippen LogP contribution in [0.25, 0.3) is 22.2 Å². The van der Waals surface area contributed by atoms with Crippen LogP contribution >= 0.6 is 0 Å². The van der Waals surface area contributed by atoms with Gasteiger partial charge in [0.2, 0.25) is 0 Å². The van der Waals surface area contributed by atoms with E-state index in [2.05, 4.69) is 17.0 Å². The van der Waals surface area contributed by atoms with Crippen LogP contribution in [0.15, 0.2) is 54.6 Å². The number of hydrogen-bond donors (Lipinski definition) is 0. The lowest BCUT2D eigenvalue weighted by Crippen LogP contribution is -2.52. The first-order valence-electron chi connectivity index (χ1n) is 11.1. The summed E-state index contributed by atoms with van der Waals surface area (Å²) in [7, 11) is -2.91. The maximum atomic E-state index is 13.6. The zero-order chi connectivity index (χ0) is 22.3. The number of fused-ring (bicyclic) bond motifs is 1. The molecule has 1 aromatic heterocycles. The van der Waals surface area contributed by atoms with Crippen molar-refractivity contribution in [3.63, 3.8) is 0 Å². The molecule has 6 nitrogen and oxygen atoms in total. The molecule has 0 N–H and O–H groups in total. The number of nitrogens with zero attached hydrogens (tertiary/aromatic N) is 3. The SMILES string of the molecule is Cc1ccc(-c2cc(C(=O)N3CCN([C@H]4CCS(=O)(=O)C4)CC3)c3ccccc3n2)cc1. The topological polar surface area (TPSA) is 70.6 Å². The quantitative estimate of drug-likeness (QED) is 0.614. The summed E-state index contributed by atoms with van der Waals surface area (Å²) in [5.74, 6) is 0.535. The van der Waals surface area contributed by atoms with Gasteiger partial charge in [0.05, 0.1) is 28.3 Å². The van der Waals surface area contributed by atoms with E-state index in [0.717, 1.165) is 22.2 Å². The number of rotatable bonds is 3. The Hall–Kier alpha value is -2.77. The van der Waals surface area contributed by atoms with Crippen molar-refractivity contribution in [2.45, 2.75) is 19.4 Å². The Morgan fingerprint density at radius 2 is 1.72 bits per heavy atom. The monoisotopic (exact) mass is 449 g/mol. The number of carbonyl (C=O) groups is 1. The highest BCUT2D eigenvalue weighted by Gasteiger charge is 2.34. The molecule has 2 aliphatic rings. The van der Waals surface area contributed by atoms with E-state index in [1.807, 2.05) is 54.3 Å². The minimum Gasteiger partial charge on any atom is -0.336 e. The van der Waals surface area contributed by atoms with E-state index in [1.165, 1.54) is 5.56 Å². The number of carbonyl (C=O) groups excluding carboxylic acids is 1. The number of benzene rings is 2. The van der Waals surface area contributed by atoms with Gasteiger partial charge in [-0.1, -0.05) is 48.0 Å². The van der Waals surface area contributed by atoms with Gasteiger partial charge >= 0.3 is 0 Å². The lowest BCUT2D eigenvalue weighted by molar-refractivity contribution is 0.0589. The first-order chi connectivity index (χ1) is 15.4. The Bertz CT molecular complexity index is 1260. The van der Waals surface area contributed by atoms with Gasteiger partial charge < -0.3 is 4.90 Å². The molecule has 1 atom stereocenters. The van der Waals surface area contributed by atoms with Crippen molar-refractivity contribution in [1.82, 2.24) is 14.8 Å². The number of piperazine rings is 1. The fourth-order valence-electron chi connectivity index (χ4n) is 4.75. The van der Waals surface area contributed by atoms with E-state index in [1.54, 1.807) is 0 Å². The zero-order valence-corrected chi connectivity index (χ0v) is 19.0. The Morgan fingerprint density at radius 3 is 2.41 bits per heavy atom. The van der Waals surface area contributed by atoms with Gasteiger partial charge in [-0.25, -0.2) is 13.4 Å². The Kier molecular flexibility index (Phi) is 5.47. The lowest BCUT2D eigenvalue weighted by atomic mass is 10.0. The molecule has 2 aliphatic heterocycles. The third kappa shape index (κ3) is 4.14. The molecule has 0 aliphatic carbocycles. The lowest BCUT2D eigenvalue weighted by Gasteiger charge is -2.37. The third-order valence-corrected chi connectivity index (χ3v) is 8.37. The number of sulfone groups is 1. The van der Waals surface area contributed by atoms with Crippen LogP contribution in [-0.2, 0) is 9.84 Å². The van der Waals surface area contributed by atoms with Gasteiger partial charge in [-0.3, -0.25) is 9.69 Å². The number of para-hydroxylation sites is 1. The highest BCUT2D eigenvalue weighted by molar-refractivity contribution is 7.91. The Labute approximate surface area is 188 Å². The first kappa shape index (κ1) is 21.1. The van der Waals surface area contributed by atoms with Crippen LogP contribution < -0.4 is 0 Å². The van der Waals surface area contributed by atoms with E-state index in [-0.39, 0.29) is 23.5 Å². The van der Waals surface area contributed by atoms with Crippen LogP contribution in [0.2, 0.25) is 0 Å². The molecular formula is C25H27N3O3S. The van der Waals surface area contributed by atoms with Crippen molar-refractivity contribution in [3.05, 3.63) is 65.7 Å². The molecule has 3 aromatic rings. The van der Waals surface area contributed by atoms with Crippen molar-refractivity contribution >= 4 is 26.6 Å². The highest BCUT2D eigenvalue weighted by atomic mass is 32.2. The van der Waals surface area contributed by atoms with Crippen LogP contribution in [0.3, 0.4) is 0 Å². The van der Waals surface area contributed by atoms with E-state index >= 15 is 0 Å². The average Bonchev–Trinajstić information content (AvgIpc) is 3.18. The summed E-state index contributed by atoms with van der Waals surface area (Å²) >= 11 is 0. The second kappa shape index (κ2) is 8.30. The van der Waals surface area contributed by atoms with Gasteiger partial charge in [-0.05, 0) is 25.5 Å². The number of pyridine rings is 1. The second-order valence-corrected chi connectivity index (χ2v) is 11.1. The van der Waals surface area contributed by atoms with Gasteiger partial charge in [0.25, 0.3) is 5.91 Å². The molecule has 2 saturated heterocycles. The molecule has 1 amide bonds. The second-order valence-electron chi connectivity index (χ2n) is 8.82. The molecule has 7 heteroatoms. The zero-order valence-electron chi connectivity index (χ0n) is 18.2. The molecule has 0 radical (unpaired) electrons. The number of aromatic nitrogens is 1. The maximum absolute atomic E-state index is 13.6. The fourth-order valence-corrected chi connectivity index (χ4v) is 6.51. The van der Waals surface area contributed by atoms with Crippen LogP contribution in [0.1, 0.15) is 22.3 Å². The summed E-state index contributed by atoms with van der Waals surface area (Å²) in [5.41, 5.74) is 4.44. The summed E-state index contributed by atoms with van der Waals surface area (Å²) in [5, 5.41) is 0.859. The maximum Gasteiger partial charge on any atom is 0.254 e. The van der Waals surface area contributed by atoms with Crippen molar-refractivity contribution in [3.8, 4) is 11.3 Å². The van der Waals surface area contributed by atoms with Gasteiger partial charge in [0.15, 0.2) is 9.84 Å². The summed E-state index contributed by atoms with van der Waals surface area (Å²) in [6.07, 6.45) is 0.700. The number of aryl methyl sites for hydroxylation is 1. The first-order valence-corrected chi connectivity index (χ1v) is 12.9. The van der Waals surface area contributed by atoms with Crippen molar-refractivity contribution in [2.75, 3.05) is 37.7 Å². The third-order valence-electron chi connectivity index (χ3n) is 6.62. The van der Waals surface area contributed by atoms with E-state index in [0.29, 0.717) is 38.2 Å². The molecule has 3 heterocycles. The molecule has 166 valence electrons. The predicted molar refractivity (Wildman–Crippen MR) is 126 cm³/mol. The van der Waals surface area contributed by atoms with Crippen molar-refractivity contribution in [2.24, 2.45) is 0 Å². The summed E-state index contributed by atoms with van der Waals surface area (Å²) in [6, 6.07) is 18.0. The van der Waals surface area contributed by atoms with E-state index < -0.39 is 9.84 Å². The van der Waals surface area contributed by atoms with E-state index in [4.69, 9.17) is 4.98 Å². The Morgan fingerprint density at radius 1 is 1.00 bits per heavy atom. The van der Waals surface area contributed by atoms with E-state index in [9.17, 15) is 13.2 Å². The molecule has 0 bridgehead atoms. The van der Waals surface area contributed by atoms with Crippen molar-refractivity contribution < 1.29 is 13.2 Å². The summed E-state index contributed by atoms with van der Waals surface area (Å²) in [4.78, 5) is 22.5. The van der Waals surface area contributed by atoms with Gasteiger partial charge in [-0.2, -0.15) is 0 Å². The number of amides is 1. The highest BCUT2D eigenvalue weighted by Crippen LogP contribution is 2.27. The van der Waals surface area contributed by atoms with Crippen LogP contribution in [-0.4, -0.2) is 72.8 Å². The van der Waals surface area contributed by atoms with Crippen LogP contribution in [0.4, 0.5) is 0 Å². The molecule has 0 spiro atoms. The molecular weight excluding hydrogens is 422 g/mol. The van der Waals surface area contributed by atoms with Gasteiger partial charge in [0, 0.05) is 43.2 Å². The number of hydrogen-bond acceptors (Lipinski definition) is 5. The predicted octanol–water partition coefficient (Wildman–Crippen LogP) is 3.16. The molecule has 5 rings (SSSR count). The molecule has 0 saturated carbocycles.